The third-order valence-electron chi connectivity index (χ3n) is 23.2. The van der Waals surface area contributed by atoms with Crippen LogP contribution in [-0.4, -0.2) is 281 Å². The molecule has 498 valence electrons. The van der Waals surface area contributed by atoms with Gasteiger partial charge >= 0.3 is 5.97 Å². The van der Waals surface area contributed by atoms with Gasteiger partial charge in [0.15, 0.2) is 31.5 Å². The highest BCUT2D eigenvalue weighted by atomic mass is 16.8. The lowest BCUT2D eigenvalue weighted by atomic mass is 9.42. The molecule has 0 aromatic rings. The number of hydrogen-bond acceptors (Lipinski definition) is 28. The average Bonchev–Trinajstić information content (AvgIpc) is 1.57. The molecule has 7 heterocycles. The summed E-state index contributed by atoms with van der Waals surface area (Å²) in [4.78, 5) is 12.8. The van der Waals surface area contributed by atoms with Gasteiger partial charge in [-0.1, -0.05) is 52.7 Å². The van der Waals surface area contributed by atoms with E-state index in [2.05, 4.69) is 27.7 Å². The Balaban J connectivity index is 0.801. The van der Waals surface area contributed by atoms with Crippen molar-refractivity contribution in [3.8, 4) is 0 Å². The Bertz CT molecular complexity index is 2480. The minimum Gasteiger partial charge on any atom is -0.433 e. The fourth-order valence-electron chi connectivity index (χ4n) is 17.9. The van der Waals surface area contributed by atoms with Crippen LogP contribution in [0.4, 0.5) is 0 Å². The second-order valence-electron chi connectivity index (χ2n) is 28.0. The maximum absolute atomic E-state index is 12.8. The van der Waals surface area contributed by atoms with Crippen molar-refractivity contribution >= 4 is 5.97 Å². The number of allylic oxidation sites excluding steroid dienone is 2. The number of aliphatic hydroxyl groups excluding tert-OH is 15. The first-order valence-electron chi connectivity index (χ1n) is 31.1. The minimum absolute atomic E-state index is 0.0929. The van der Waals surface area contributed by atoms with Crippen LogP contribution in [0.1, 0.15) is 113 Å². The summed E-state index contributed by atoms with van der Waals surface area (Å²) in [7, 11) is 0. The lowest BCUT2D eigenvalue weighted by Crippen LogP contribution is -2.68. The average molecular weight is 1250 g/mol. The van der Waals surface area contributed by atoms with Crippen molar-refractivity contribution in [1.82, 2.24) is 0 Å². The fraction of sp³-hybridized carbons (Fsp3) is 0.949. The second-order valence-corrected chi connectivity index (χ2v) is 28.0. The molecule has 7 saturated heterocycles. The molecule has 34 unspecified atom stereocenters. The van der Waals surface area contributed by atoms with Crippen LogP contribution in [0.15, 0.2) is 11.1 Å². The summed E-state index contributed by atoms with van der Waals surface area (Å²) < 4.78 is 73.7. The highest BCUT2D eigenvalue weighted by Gasteiger charge is 2.75. The van der Waals surface area contributed by atoms with Gasteiger partial charge in [-0.05, 0) is 81.0 Å². The Morgan fingerprint density at radius 2 is 1.13 bits per heavy atom. The Morgan fingerprint density at radius 3 is 1.77 bits per heavy atom. The predicted octanol–water partition coefficient (Wildman–Crippen LogP) is -3.68. The van der Waals surface area contributed by atoms with E-state index in [1.54, 1.807) is 0 Å². The van der Waals surface area contributed by atoms with Gasteiger partial charge in [-0.3, -0.25) is 4.79 Å². The van der Waals surface area contributed by atoms with Crippen LogP contribution in [0.25, 0.3) is 0 Å². The van der Waals surface area contributed by atoms with Crippen molar-refractivity contribution in [2.75, 3.05) is 33.0 Å². The van der Waals surface area contributed by atoms with Gasteiger partial charge in [-0.25, -0.2) is 0 Å². The molecule has 7 aliphatic heterocycles. The van der Waals surface area contributed by atoms with Gasteiger partial charge < -0.3 is 133 Å². The van der Waals surface area contributed by atoms with Crippen molar-refractivity contribution in [2.24, 2.45) is 39.4 Å². The molecule has 4 aliphatic carbocycles. The highest BCUT2D eigenvalue weighted by Crippen LogP contribution is 2.76. The molecular weight excluding hydrogens is 1160 g/mol. The maximum atomic E-state index is 12.8. The van der Waals surface area contributed by atoms with Gasteiger partial charge in [-0.2, -0.15) is 0 Å². The fourth-order valence-corrected chi connectivity index (χ4v) is 17.9. The molecule has 0 aromatic heterocycles. The second kappa shape index (κ2) is 24.5. The SMILES string of the molecule is CC1CC2(CC(C)C3(CCC4(C)C5=C(CCC43C)C3(C)CCC(OC4OC(COC6OCC(O)C(O)C6OC6OC(CO)C(O)C(OC7OC(CO)C(O)C(O)C7O)C6OC6OC(C)C(O)C(O)C6O)C(O)C(O)C4O)C(C)(CO)C3CC5)O2)OC1=O. The summed E-state index contributed by atoms with van der Waals surface area (Å²) in [6.45, 7) is 11.2. The van der Waals surface area contributed by atoms with E-state index in [1.807, 2.05) is 13.8 Å². The smallest absolute Gasteiger partial charge is 0.311 e. The Hall–Kier alpha value is -1.83. The number of hydrogen-bond donors (Lipinski definition) is 15. The molecule has 34 atom stereocenters. The number of rotatable bonds is 14. The van der Waals surface area contributed by atoms with Crippen LogP contribution >= 0.6 is 0 Å². The molecule has 87 heavy (non-hydrogen) atoms. The number of esters is 1. The van der Waals surface area contributed by atoms with Gasteiger partial charge in [0, 0.05) is 23.7 Å². The molecule has 9 fully saturated rings. The Kier molecular flexibility index (Phi) is 18.8. The summed E-state index contributed by atoms with van der Waals surface area (Å²) in [6, 6.07) is 0. The van der Waals surface area contributed by atoms with Crippen molar-refractivity contribution in [3.63, 3.8) is 0 Å². The summed E-state index contributed by atoms with van der Waals surface area (Å²) in [5.41, 5.74) is 0.685. The van der Waals surface area contributed by atoms with E-state index in [9.17, 15) is 81.4 Å². The predicted molar refractivity (Wildman–Crippen MR) is 289 cm³/mol. The van der Waals surface area contributed by atoms with E-state index < -0.39 is 197 Å². The van der Waals surface area contributed by atoms with Gasteiger partial charge in [0.2, 0.25) is 5.79 Å². The highest BCUT2D eigenvalue weighted by molar-refractivity contribution is 5.74. The first kappa shape index (κ1) is 66.6. The number of ether oxygens (including phenoxy) is 12. The van der Waals surface area contributed by atoms with Gasteiger partial charge in [0.1, 0.15) is 110 Å². The van der Waals surface area contributed by atoms with Crippen LogP contribution in [-0.2, 0) is 61.6 Å². The van der Waals surface area contributed by atoms with Gasteiger partial charge in [-0.15, -0.1) is 0 Å². The molecule has 28 nitrogen and oxygen atoms in total. The number of aliphatic hydroxyl groups is 15. The topological polar surface area (TPSA) is 431 Å². The molecule has 28 heteroatoms. The lowest BCUT2D eigenvalue weighted by molar-refractivity contribution is -0.406. The molecule has 0 bridgehead atoms. The lowest BCUT2D eigenvalue weighted by Gasteiger charge is -2.63. The number of carbonyl (C=O) groups excluding carboxylic acids is 1. The molecular formula is C59H94O28. The summed E-state index contributed by atoms with van der Waals surface area (Å²) >= 11 is 0. The van der Waals surface area contributed by atoms with E-state index >= 15 is 0 Å². The number of fused-ring (bicyclic) bond motifs is 5. The summed E-state index contributed by atoms with van der Waals surface area (Å²) in [5.74, 6) is -1.27. The Morgan fingerprint density at radius 1 is 0.540 bits per heavy atom. The summed E-state index contributed by atoms with van der Waals surface area (Å²) in [6.07, 6.45) is -36.6. The number of carbonyl (C=O) groups is 1. The van der Waals surface area contributed by atoms with Crippen molar-refractivity contribution in [3.05, 3.63) is 11.1 Å². The molecule has 0 aromatic carbocycles. The van der Waals surface area contributed by atoms with E-state index in [0.29, 0.717) is 25.7 Å². The minimum atomic E-state index is -2.05. The largest absolute Gasteiger partial charge is 0.433 e. The van der Waals surface area contributed by atoms with E-state index in [4.69, 9.17) is 56.8 Å². The quantitative estimate of drug-likeness (QED) is 0.0588. The molecule has 2 spiro atoms. The normalized spacial score (nSPS) is 56.1. The van der Waals surface area contributed by atoms with Crippen LogP contribution in [0.2, 0.25) is 0 Å². The van der Waals surface area contributed by atoms with Crippen LogP contribution in [0.5, 0.6) is 0 Å². The van der Waals surface area contributed by atoms with Gasteiger partial charge in [0.05, 0.1) is 56.8 Å². The standard InChI is InChI=1S/C59H94O28/c1-23-16-58(86-48(23)75)17-24(2)59(87-58)15-14-56(6)27-8-9-32-54(4,26(27)10-13-57(56,59)7)12-11-33(55(32,5)22-62)82-50-43(73)41(71)37(67)31(81-50)21-77-52-46(35(65)28(63)20-76-52)84-53-47(85-49-42(72)39(69)34(64)25(3)78-49)45(38(68)30(19-61)80-53)83-51-44(74)40(70)36(66)29(18-60)79-51/h23-25,28-47,49-53,60-74H,8-22H2,1-7H3. The van der Waals surface area contributed by atoms with Crippen LogP contribution in [0.3, 0.4) is 0 Å². The molecule has 0 amide bonds. The zero-order valence-electron chi connectivity index (χ0n) is 50.3. The zero-order chi connectivity index (χ0) is 63.0. The molecule has 15 N–H and O–H groups in total. The first-order chi connectivity index (χ1) is 41.0. The van der Waals surface area contributed by atoms with Gasteiger partial charge in [0.25, 0.3) is 0 Å². The van der Waals surface area contributed by atoms with E-state index in [1.165, 1.54) is 18.1 Å². The van der Waals surface area contributed by atoms with Crippen molar-refractivity contribution in [1.29, 1.82) is 0 Å². The molecule has 2 saturated carbocycles. The third kappa shape index (κ3) is 10.7. The summed E-state index contributed by atoms with van der Waals surface area (Å²) in [5, 5.41) is 165. The third-order valence-corrected chi connectivity index (χ3v) is 23.2. The van der Waals surface area contributed by atoms with E-state index in [-0.39, 0.29) is 46.6 Å². The molecule has 0 radical (unpaired) electrons. The van der Waals surface area contributed by atoms with Crippen LogP contribution in [0, 0.1) is 39.4 Å². The zero-order valence-corrected chi connectivity index (χ0v) is 50.3. The maximum Gasteiger partial charge on any atom is 0.311 e. The first-order valence-corrected chi connectivity index (χ1v) is 31.1. The monoisotopic (exact) mass is 1250 g/mol. The van der Waals surface area contributed by atoms with Crippen molar-refractivity contribution < 1.29 is 138 Å². The van der Waals surface area contributed by atoms with Crippen LogP contribution < -0.4 is 0 Å². The Labute approximate surface area is 504 Å². The molecule has 11 rings (SSSR count). The van der Waals surface area contributed by atoms with Crippen molar-refractivity contribution in [2.45, 2.75) is 278 Å². The molecule has 11 aliphatic rings. The van der Waals surface area contributed by atoms with E-state index in [0.717, 1.165) is 38.5 Å².